The molecule has 0 spiro atoms. The molecule has 1 aromatic carbocycles. The predicted molar refractivity (Wildman–Crippen MR) is 68.3 cm³/mol. The van der Waals surface area contributed by atoms with Crippen LogP contribution >= 0.6 is 27.5 Å². The van der Waals surface area contributed by atoms with Gasteiger partial charge in [-0.3, -0.25) is 4.68 Å². The van der Waals surface area contributed by atoms with Gasteiger partial charge >= 0.3 is 5.97 Å². The Labute approximate surface area is 115 Å². The Kier molecular flexibility index (Phi) is 3.41. The van der Waals surface area contributed by atoms with Gasteiger partial charge in [-0.15, -0.1) is 0 Å². The molecule has 2 rings (SSSR count). The third kappa shape index (κ3) is 2.26. The molecule has 0 atom stereocenters. The summed E-state index contributed by atoms with van der Waals surface area (Å²) in [6.45, 7) is 0. The van der Waals surface area contributed by atoms with Crippen LogP contribution in [0.4, 0.5) is 4.39 Å². The molecule has 2 aromatic rings. The van der Waals surface area contributed by atoms with Gasteiger partial charge in [-0.25, -0.2) is 9.18 Å². The van der Waals surface area contributed by atoms with E-state index in [9.17, 15) is 9.18 Å². The van der Waals surface area contributed by atoms with Gasteiger partial charge in [0, 0.05) is 12.6 Å². The molecule has 0 bridgehead atoms. The van der Waals surface area contributed by atoms with Crippen LogP contribution in [0, 0.1) is 5.82 Å². The molecule has 0 amide bonds. The maximum atomic E-state index is 13.5. The van der Waals surface area contributed by atoms with Gasteiger partial charge in [0.05, 0.1) is 15.2 Å². The SMILES string of the molecule is Cn1nc(C(=O)O)cc1-c1cc(F)c(Br)c(Cl)c1. The highest BCUT2D eigenvalue weighted by Gasteiger charge is 2.15. The fourth-order valence-corrected chi connectivity index (χ4v) is 1.98. The lowest BCUT2D eigenvalue weighted by Crippen LogP contribution is -1.99. The Bertz CT molecular complexity index is 619. The second-order valence-corrected chi connectivity index (χ2v) is 4.80. The van der Waals surface area contributed by atoms with Gasteiger partial charge < -0.3 is 5.11 Å². The number of aryl methyl sites for hydroxylation is 1. The molecule has 0 radical (unpaired) electrons. The van der Waals surface area contributed by atoms with Crippen LogP contribution in [0.15, 0.2) is 22.7 Å². The first-order valence-corrected chi connectivity index (χ1v) is 5.99. The first-order chi connectivity index (χ1) is 8.40. The van der Waals surface area contributed by atoms with E-state index < -0.39 is 11.8 Å². The highest BCUT2D eigenvalue weighted by molar-refractivity contribution is 9.10. The van der Waals surface area contributed by atoms with E-state index in [-0.39, 0.29) is 15.2 Å². The minimum Gasteiger partial charge on any atom is -0.476 e. The number of carbonyl (C=O) groups is 1. The molecule has 0 aliphatic rings. The number of aromatic nitrogens is 2. The predicted octanol–water partition coefficient (Wildman–Crippen LogP) is 3.34. The van der Waals surface area contributed by atoms with Crippen molar-refractivity contribution in [3.05, 3.63) is 39.2 Å². The second kappa shape index (κ2) is 4.70. The number of carboxylic acid groups (broad SMARTS) is 1. The van der Waals surface area contributed by atoms with Gasteiger partial charge in [-0.1, -0.05) is 11.6 Å². The Morgan fingerprint density at radius 3 is 2.67 bits per heavy atom. The molecule has 94 valence electrons. The molecule has 0 unspecified atom stereocenters. The Morgan fingerprint density at radius 1 is 1.50 bits per heavy atom. The summed E-state index contributed by atoms with van der Waals surface area (Å²) in [4.78, 5) is 10.8. The standard InChI is InChI=1S/C11H7BrClFN2O2/c1-16-9(4-8(15-16)11(17)18)5-2-6(13)10(12)7(14)3-5/h2-4H,1H3,(H,17,18). The molecule has 0 aliphatic carbocycles. The van der Waals surface area contributed by atoms with Gasteiger partial charge in [0.15, 0.2) is 5.69 Å². The van der Waals surface area contributed by atoms with Crippen LogP contribution in [-0.2, 0) is 7.05 Å². The van der Waals surface area contributed by atoms with E-state index in [4.69, 9.17) is 16.7 Å². The molecule has 1 aromatic heterocycles. The molecule has 0 saturated carbocycles. The Balaban J connectivity index is 2.58. The fourth-order valence-electron chi connectivity index (χ4n) is 1.55. The third-order valence-corrected chi connectivity index (χ3v) is 3.71. The number of rotatable bonds is 2. The molecule has 0 fully saturated rings. The van der Waals surface area contributed by atoms with Crippen molar-refractivity contribution in [3.8, 4) is 11.3 Å². The van der Waals surface area contributed by atoms with Crippen molar-refractivity contribution in [1.82, 2.24) is 9.78 Å². The third-order valence-electron chi connectivity index (χ3n) is 2.38. The number of carboxylic acids is 1. The van der Waals surface area contributed by atoms with Gasteiger partial charge in [-0.2, -0.15) is 5.10 Å². The number of nitrogens with zero attached hydrogens (tertiary/aromatic N) is 2. The normalized spacial score (nSPS) is 10.7. The highest BCUT2D eigenvalue weighted by Crippen LogP contribution is 2.31. The smallest absolute Gasteiger partial charge is 0.356 e. The maximum absolute atomic E-state index is 13.5. The molecule has 4 nitrogen and oxygen atoms in total. The zero-order valence-corrected chi connectivity index (χ0v) is 11.5. The Hall–Kier alpha value is -1.40. The monoisotopic (exact) mass is 332 g/mol. The van der Waals surface area contributed by atoms with Crippen LogP contribution in [0.1, 0.15) is 10.5 Å². The van der Waals surface area contributed by atoms with Crippen molar-refractivity contribution in [2.75, 3.05) is 0 Å². The lowest BCUT2D eigenvalue weighted by Gasteiger charge is -2.05. The summed E-state index contributed by atoms with van der Waals surface area (Å²) in [5, 5.41) is 12.9. The average molecular weight is 334 g/mol. The summed E-state index contributed by atoms with van der Waals surface area (Å²) in [5.74, 6) is -1.66. The highest BCUT2D eigenvalue weighted by atomic mass is 79.9. The zero-order valence-electron chi connectivity index (χ0n) is 9.12. The van der Waals surface area contributed by atoms with Crippen molar-refractivity contribution < 1.29 is 14.3 Å². The van der Waals surface area contributed by atoms with E-state index in [0.29, 0.717) is 11.3 Å². The zero-order chi connectivity index (χ0) is 13.4. The first kappa shape index (κ1) is 13.0. The number of hydrogen-bond acceptors (Lipinski definition) is 2. The van der Waals surface area contributed by atoms with E-state index in [0.717, 1.165) is 0 Å². The Morgan fingerprint density at radius 2 is 2.17 bits per heavy atom. The van der Waals surface area contributed by atoms with Gasteiger partial charge in [0.2, 0.25) is 0 Å². The van der Waals surface area contributed by atoms with E-state index in [2.05, 4.69) is 21.0 Å². The molecule has 18 heavy (non-hydrogen) atoms. The van der Waals surface area contributed by atoms with Crippen LogP contribution < -0.4 is 0 Å². The minimum absolute atomic E-state index is 0.105. The summed E-state index contributed by atoms with van der Waals surface area (Å²) in [6, 6.07) is 4.16. The van der Waals surface area contributed by atoms with Gasteiger partial charge in [0.1, 0.15) is 5.82 Å². The molecular formula is C11H7BrClFN2O2. The topological polar surface area (TPSA) is 55.1 Å². The van der Waals surface area contributed by atoms with Crippen molar-refractivity contribution in [2.45, 2.75) is 0 Å². The molecular weight excluding hydrogens is 326 g/mol. The van der Waals surface area contributed by atoms with Gasteiger partial charge in [0.25, 0.3) is 0 Å². The van der Waals surface area contributed by atoms with E-state index in [1.165, 1.54) is 22.9 Å². The van der Waals surface area contributed by atoms with Crippen molar-refractivity contribution in [2.24, 2.45) is 7.05 Å². The lowest BCUT2D eigenvalue weighted by molar-refractivity contribution is 0.0689. The van der Waals surface area contributed by atoms with E-state index in [1.54, 1.807) is 7.05 Å². The maximum Gasteiger partial charge on any atom is 0.356 e. The average Bonchev–Trinajstić information content (AvgIpc) is 2.68. The molecule has 1 heterocycles. The quantitative estimate of drug-likeness (QED) is 0.858. The van der Waals surface area contributed by atoms with Crippen LogP contribution in [0.2, 0.25) is 5.02 Å². The molecule has 7 heteroatoms. The number of halogens is 3. The van der Waals surface area contributed by atoms with Crippen molar-refractivity contribution in [3.63, 3.8) is 0 Å². The summed E-state index contributed by atoms with van der Waals surface area (Å²) < 4.78 is 15.1. The summed E-state index contributed by atoms with van der Waals surface area (Å²) in [5.41, 5.74) is 0.829. The van der Waals surface area contributed by atoms with Gasteiger partial charge in [-0.05, 0) is 34.1 Å². The summed E-state index contributed by atoms with van der Waals surface area (Å²) in [7, 11) is 1.58. The molecule has 0 aliphatic heterocycles. The van der Waals surface area contributed by atoms with Crippen molar-refractivity contribution in [1.29, 1.82) is 0 Å². The van der Waals surface area contributed by atoms with Crippen LogP contribution in [0.5, 0.6) is 0 Å². The lowest BCUT2D eigenvalue weighted by atomic mass is 10.1. The largest absolute Gasteiger partial charge is 0.476 e. The van der Waals surface area contributed by atoms with E-state index in [1.807, 2.05) is 0 Å². The van der Waals surface area contributed by atoms with Crippen LogP contribution in [0.25, 0.3) is 11.3 Å². The summed E-state index contributed by atoms with van der Waals surface area (Å²) >= 11 is 8.87. The second-order valence-electron chi connectivity index (χ2n) is 3.60. The minimum atomic E-state index is -1.14. The molecule has 1 N–H and O–H groups in total. The van der Waals surface area contributed by atoms with Crippen LogP contribution in [0.3, 0.4) is 0 Å². The fraction of sp³-hybridized carbons (Fsp3) is 0.0909. The molecule has 0 saturated heterocycles. The van der Waals surface area contributed by atoms with Crippen LogP contribution in [-0.4, -0.2) is 20.9 Å². The number of hydrogen-bond donors (Lipinski definition) is 1. The number of aromatic carboxylic acids is 1. The first-order valence-electron chi connectivity index (χ1n) is 4.82. The van der Waals surface area contributed by atoms with E-state index >= 15 is 0 Å². The van der Waals surface area contributed by atoms with Crippen molar-refractivity contribution >= 4 is 33.5 Å². The summed E-state index contributed by atoms with van der Waals surface area (Å²) in [6.07, 6.45) is 0. The number of benzene rings is 1.